The summed E-state index contributed by atoms with van der Waals surface area (Å²) < 4.78 is 0. The Kier molecular flexibility index (Phi) is 3.84. The Bertz CT molecular complexity index is 413. The van der Waals surface area contributed by atoms with Gasteiger partial charge in [-0.2, -0.15) is 0 Å². The van der Waals surface area contributed by atoms with Crippen molar-refractivity contribution in [2.45, 2.75) is 56.5 Å². The Hall–Kier alpha value is -0.910. The van der Waals surface area contributed by atoms with Crippen molar-refractivity contribution in [3.63, 3.8) is 0 Å². The number of rotatable bonds is 3. The molecule has 5 nitrogen and oxygen atoms in total. The monoisotopic (exact) mass is 298 g/mol. The van der Waals surface area contributed by atoms with Crippen LogP contribution in [0, 0.1) is 5.92 Å². The highest BCUT2D eigenvalue weighted by Crippen LogP contribution is 2.46. The van der Waals surface area contributed by atoms with Crippen LogP contribution < -0.4 is 0 Å². The van der Waals surface area contributed by atoms with Crippen LogP contribution in [-0.4, -0.2) is 56.7 Å². The molecule has 0 bridgehead atoms. The minimum Gasteiger partial charge on any atom is -0.480 e. The summed E-state index contributed by atoms with van der Waals surface area (Å²) in [4.78, 5) is 27.9. The lowest BCUT2D eigenvalue weighted by Crippen LogP contribution is -2.53. The molecule has 1 saturated carbocycles. The molecule has 6 heteroatoms. The lowest BCUT2D eigenvalue weighted by molar-refractivity contribution is -0.141. The molecule has 0 aromatic carbocycles. The van der Waals surface area contributed by atoms with Gasteiger partial charge in [-0.3, -0.25) is 4.90 Å². The van der Waals surface area contributed by atoms with Crippen molar-refractivity contribution in [3.05, 3.63) is 0 Å². The van der Waals surface area contributed by atoms with E-state index in [2.05, 4.69) is 6.92 Å². The lowest BCUT2D eigenvalue weighted by atomic mass is 10.2. The number of thioether (sulfide) groups is 1. The van der Waals surface area contributed by atoms with Gasteiger partial charge >= 0.3 is 12.0 Å². The molecule has 3 fully saturated rings. The zero-order chi connectivity index (χ0) is 14.3. The fourth-order valence-corrected chi connectivity index (χ4v) is 4.99. The van der Waals surface area contributed by atoms with Crippen LogP contribution >= 0.6 is 11.8 Å². The van der Waals surface area contributed by atoms with E-state index in [-0.39, 0.29) is 11.4 Å². The van der Waals surface area contributed by atoms with E-state index in [0.29, 0.717) is 17.7 Å². The number of carboxylic acid groups (broad SMARTS) is 1. The summed E-state index contributed by atoms with van der Waals surface area (Å²) in [5.41, 5.74) is 0. The topological polar surface area (TPSA) is 60.9 Å². The third-order valence-electron chi connectivity index (χ3n) is 4.66. The summed E-state index contributed by atoms with van der Waals surface area (Å²) in [7, 11) is 0. The van der Waals surface area contributed by atoms with Gasteiger partial charge in [0.05, 0.1) is 5.37 Å². The Morgan fingerprint density at radius 1 is 1.30 bits per heavy atom. The van der Waals surface area contributed by atoms with E-state index >= 15 is 0 Å². The van der Waals surface area contributed by atoms with Gasteiger partial charge in [0.25, 0.3) is 0 Å². The fraction of sp³-hybridized carbons (Fsp3) is 0.857. The number of carbonyl (C=O) groups is 2. The van der Waals surface area contributed by atoms with Crippen molar-refractivity contribution in [2.75, 3.05) is 12.3 Å². The summed E-state index contributed by atoms with van der Waals surface area (Å²) in [5, 5.41) is 9.48. The van der Waals surface area contributed by atoms with Crippen molar-refractivity contribution in [2.24, 2.45) is 5.92 Å². The zero-order valence-electron chi connectivity index (χ0n) is 11.8. The van der Waals surface area contributed by atoms with Crippen molar-refractivity contribution < 1.29 is 14.7 Å². The van der Waals surface area contributed by atoms with Crippen LogP contribution in [0.25, 0.3) is 0 Å². The number of hydrogen-bond donors (Lipinski definition) is 1. The summed E-state index contributed by atoms with van der Waals surface area (Å²) in [6.45, 7) is 2.88. The summed E-state index contributed by atoms with van der Waals surface area (Å²) in [6.07, 6.45) is 5.31. The van der Waals surface area contributed by atoms with Gasteiger partial charge in [-0.1, -0.05) is 6.92 Å². The fourth-order valence-electron chi connectivity index (χ4n) is 3.37. The maximum Gasteiger partial charge on any atom is 0.327 e. The van der Waals surface area contributed by atoms with Gasteiger partial charge < -0.3 is 10.0 Å². The minimum absolute atomic E-state index is 0.0383. The lowest BCUT2D eigenvalue weighted by Gasteiger charge is -2.34. The second-order valence-corrected chi connectivity index (χ2v) is 7.15. The van der Waals surface area contributed by atoms with Crippen molar-refractivity contribution in [3.8, 4) is 0 Å². The molecule has 3 aliphatic rings. The second-order valence-electron chi connectivity index (χ2n) is 6.00. The third kappa shape index (κ3) is 2.38. The normalized spacial score (nSPS) is 33.8. The molecular formula is C14H22N2O3S. The summed E-state index contributed by atoms with van der Waals surface area (Å²) in [6, 6.07) is -0.387. The van der Waals surface area contributed by atoms with Gasteiger partial charge in [-0.25, -0.2) is 9.59 Å². The largest absolute Gasteiger partial charge is 0.480 e. The van der Waals surface area contributed by atoms with E-state index in [1.165, 1.54) is 0 Å². The van der Waals surface area contributed by atoms with E-state index in [1.54, 1.807) is 16.7 Å². The second kappa shape index (κ2) is 5.47. The van der Waals surface area contributed by atoms with Gasteiger partial charge in [0.15, 0.2) is 0 Å². The number of hydrogen-bond acceptors (Lipinski definition) is 3. The van der Waals surface area contributed by atoms with Crippen molar-refractivity contribution in [1.82, 2.24) is 9.80 Å². The standard InChI is InChI=1S/C14H22N2O3S/c1-2-10-4-3-7-15(10)14(19)16-11(13(17)18)8-20-12(16)9-5-6-9/h9-12H,2-8H2,1H3,(H,17,18). The van der Waals surface area contributed by atoms with Crippen LogP contribution in [0.15, 0.2) is 0 Å². The number of nitrogens with zero attached hydrogens (tertiary/aromatic N) is 2. The first-order valence-corrected chi connectivity index (χ1v) is 8.61. The predicted octanol–water partition coefficient (Wildman–Crippen LogP) is 2.22. The molecule has 2 saturated heterocycles. The van der Waals surface area contributed by atoms with E-state index in [0.717, 1.165) is 38.6 Å². The SMILES string of the molecule is CCC1CCCN1C(=O)N1C(C(=O)O)CSC1C1CC1. The van der Waals surface area contributed by atoms with E-state index < -0.39 is 12.0 Å². The highest BCUT2D eigenvalue weighted by Gasteiger charge is 2.50. The van der Waals surface area contributed by atoms with Gasteiger partial charge in [0.2, 0.25) is 0 Å². The molecule has 1 aliphatic carbocycles. The molecule has 2 aliphatic heterocycles. The molecule has 20 heavy (non-hydrogen) atoms. The quantitative estimate of drug-likeness (QED) is 0.868. The van der Waals surface area contributed by atoms with Gasteiger partial charge in [0.1, 0.15) is 6.04 Å². The number of aliphatic carboxylic acids is 1. The first kappa shape index (κ1) is 14.0. The predicted molar refractivity (Wildman–Crippen MR) is 77.6 cm³/mol. The average molecular weight is 298 g/mol. The highest BCUT2D eigenvalue weighted by atomic mass is 32.2. The molecule has 0 radical (unpaired) electrons. The Morgan fingerprint density at radius 2 is 2.05 bits per heavy atom. The van der Waals surface area contributed by atoms with E-state index in [4.69, 9.17) is 0 Å². The highest BCUT2D eigenvalue weighted by molar-refractivity contribution is 8.00. The first-order chi connectivity index (χ1) is 9.63. The molecule has 2 amide bonds. The number of carboxylic acids is 1. The average Bonchev–Trinajstić information content (AvgIpc) is 3.02. The number of amides is 2. The molecule has 0 aromatic heterocycles. The van der Waals surface area contributed by atoms with E-state index in [9.17, 15) is 14.7 Å². The van der Waals surface area contributed by atoms with Gasteiger partial charge in [0, 0.05) is 18.3 Å². The molecule has 2 heterocycles. The van der Waals surface area contributed by atoms with Crippen LogP contribution in [0.5, 0.6) is 0 Å². The maximum absolute atomic E-state index is 12.8. The Balaban J connectivity index is 1.79. The molecule has 1 N–H and O–H groups in total. The number of likely N-dealkylation sites (tertiary alicyclic amines) is 1. The number of urea groups is 1. The summed E-state index contributed by atoms with van der Waals surface area (Å²) >= 11 is 1.65. The Labute approximate surface area is 123 Å². The van der Waals surface area contributed by atoms with Gasteiger partial charge in [-0.05, 0) is 38.0 Å². The smallest absolute Gasteiger partial charge is 0.327 e. The van der Waals surface area contributed by atoms with Crippen molar-refractivity contribution >= 4 is 23.8 Å². The molecule has 0 aromatic rings. The van der Waals surface area contributed by atoms with Crippen LogP contribution in [0.1, 0.15) is 39.0 Å². The van der Waals surface area contributed by atoms with E-state index in [1.807, 2.05) is 4.90 Å². The van der Waals surface area contributed by atoms with Crippen molar-refractivity contribution in [1.29, 1.82) is 0 Å². The number of carbonyl (C=O) groups excluding carboxylic acids is 1. The van der Waals surface area contributed by atoms with Crippen LogP contribution in [0.2, 0.25) is 0 Å². The minimum atomic E-state index is -0.860. The van der Waals surface area contributed by atoms with Gasteiger partial charge in [-0.15, -0.1) is 11.8 Å². The molecule has 112 valence electrons. The molecule has 0 spiro atoms. The maximum atomic E-state index is 12.8. The third-order valence-corrected chi connectivity index (χ3v) is 6.12. The van der Waals surface area contributed by atoms with Crippen LogP contribution in [0.4, 0.5) is 4.79 Å². The van der Waals surface area contributed by atoms with Crippen LogP contribution in [0.3, 0.4) is 0 Å². The molecule has 3 unspecified atom stereocenters. The summed E-state index contributed by atoms with van der Waals surface area (Å²) in [5.74, 6) is 0.185. The Morgan fingerprint density at radius 3 is 2.65 bits per heavy atom. The zero-order valence-corrected chi connectivity index (χ0v) is 12.6. The molecule has 3 rings (SSSR count). The first-order valence-electron chi connectivity index (χ1n) is 7.56. The van der Waals surface area contributed by atoms with Crippen LogP contribution in [-0.2, 0) is 4.79 Å². The molecular weight excluding hydrogens is 276 g/mol. The molecule has 3 atom stereocenters.